The lowest BCUT2D eigenvalue weighted by atomic mass is 10.1. The predicted molar refractivity (Wildman–Crippen MR) is 61.3 cm³/mol. The number of methoxy groups -OCH3 is 1. The first-order valence-electron chi connectivity index (χ1n) is 5.03. The summed E-state index contributed by atoms with van der Waals surface area (Å²) in [6.45, 7) is 0. The molecule has 5 heteroatoms. The van der Waals surface area contributed by atoms with Crippen LogP contribution in [0, 0.1) is 11.3 Å². The van der Waals surface area contributed by atoms with Crippen LogP contribution in [0.5, 0.6) is 0 Å². The number of hydrogen-bond acceptors (Lipinski definition) is 4. The number of nitrogens with one attached hydrogen (secondary N) is 1. The molecule has 88 valence electrons. The first-order valence-corrected chi connectivity index (χ1v) is 5.03. The minimum Gasteiger partial charge on any atom is -0.465 e. The van der Waals surface area contributed by atoms with Gasteiger partial charge in [0.1, 0.15) is 0 Å². The Bertz CT molecular complexity index is 463. The first-order chi connectivity index (χ1) is 8.19. The number of nitriles is 1. The molecule has 0 fully saturated rings. The van der Waals surface area contributed by atoms with Crippen molar-refractivity contribution in [3.63, 3.8) is 0 Å². The Balaban J connectivity index is 2.81. The lowest BCUT2D eigenvalue weighted by molar-refractivity contribution is -0.116. The number of hydrogen-bond donors (Lipinski definition) is 1. The number of carbonyl (C=O) groups is 2. The van der Waals surface area contributed by atoms with Crippen LogP contribution < -0.4 is 5.32 Å². The zero-order valence-electron chi connectivity index (χ0n) is 9.40. The average Bonchev–Trinajstić information content (AvgIpc) is 2.36. The van der Waals surface area contributed by atoms with Gasteiger partial charge < -0.3 is 10.1 Å². The van der Waals surface area contributed by atoms with Gasteiger partial charge in [0.05, 0.1) is 24.4 Å². The van der Waals surface area contributed by atoms with Gasteiger partial charge in [0.25, 0.3) is 0 Å². The maximum absolute atomic E-state index is 11.4. The number of para-hydroxylation sites is 1. The third-order valence-corrected chi connectivity index (χ3v) is 2.07. The zero-order chi connectivity index (χ0) is 12.7. The van der Waals surface area contributed by atoms with E-state index in [1.807, 2.05) is 6.07 Å². The summed E-state index contributed by atoms with van der Waals surface area (Å²) < 4.78 is 4.60. The van der Waals surface area contributed by atoms with Gasteiger partial charge >= 0.3 is 5.97 Å². The zero-order valence-corrected chi connectivity index (χ0v) is 9.40. The van der Waals surface area contributed by atoms with Crippen LogP contribution >= 0.6 is 0 Å². The highest BCUT2D eigenvalue weighted by Crippen LogP contribution is 2.16. The van der Waals surface area contributed by atoms with Gasteiger partial charge in [0, 0.05) is 12.8 Å². The maximum Gasteiger partial charge on any atom is 0.339 e. The standard InChI is InChI=1S/C12H12N2O3/c1-17-12(16)9-5-2-3-6-10(9)14-11(15)7-4-8-13/h2-3,5-6H,4,7H2,1H3,(H,14,15). The van der Waals surface area contributed by atoms with Gasteiger partial charge in [-0.25, -0.2) is 4.79 Å². The van der Waals surface area contributed by atoms with Crippen LogP contribution in [-0.2, 0) is 9.53 Å². The fourth-order valence-electron chi connectivity index (χ4n) is 1.26. The van der Waals surface area contributed by atoms with Crippen molar-refractivity contribution in [2.75, 3.05) is 12.4 Å². The Morgan fingerprint density at radius 1 is 1.41 bits per heavy atom. The van der Waals surface area contributed by atoms with E-state index in [-0.39, 0.29) is 18.7 Å². The molecule has 0 atom stereocenters. The number of amides is 1. The summed E-state index contributed by atoms with van der Waals surface area (Å²) in [5.74, 6) is -0.816. The highest BCUT2D eigenvalue weighted by Gasteiger charge is 2.12. The van der Waals surface area contributed by atoms with Crippen LogP contribution in [0.25, 0.3) is 0 Å². The summed E-state index contributed by atoms with van der Waals surface area (Å²) in [6, 6.07) is 8.43. The molecule has 0 saturated heterocycles. The quantitative estimate of drug-likeness (QED) is 0.801. The predicted octanol–water partition coefficient (Wildman–Crippen LogP) is 1.72. The van der Waals surface area contributed by atoms with Crippen LogP contribution in [0.1, 0.15) is 23.2 Å². The van der Waals surface area contributed by atoms with Crippen molar-refractivity contribution in [1.29, 1.82) is 5.26 Å². The molecule has 0 spiro atoms. The molecule has 0 aliphatic carbocycles. The Kier molecular flexibility index (Phi) is 4.70. The minimum absolute atomic E-state index is 0.103. The van der Waals surface area contributed by atoms with Crippen molar-refractivity contribution in [3.8, 4) is 6.07 Å². The molecule has 0 aromatic heterocycles. The van der Waals surface area contributed by atoms with Crippen LogP contribution in [-0.4, -0.2) is 19.0 Å². The van der Waals surface area contributed by atoms with Crippen molar-refractivity contribution >= 4 is 17.6 Å². The second kappa shape index (κ2) is 6.28. The van der Waals surface area contributed by atoms with Crippen LogP contribution in [0.15, 0.2) is 24.3 Å². The molecule has 1 rings (SSSR count). The van der Waals surface area contributed by atoms with E-state index >= 15 is 0 Å². The van der Waals surface area contributed by atoms with Crippen molar-refractivity contribution < 1.29 is 14.3 Å². The Hall–Kier alpha value is -2.35. The molecule has 17 heavy (non-hydrogen) atoms. The van der Waals surface area contributed by atoms with E-state index < -0.39 is 5.97 Å². The van der Waals surface area contributed by atoms with Crippen LogP contribution in [0.2, 0.25) is 0 Å². The number of benzene rings is 1. The van der Waals surface area contributed by atoms with Gasteiger partial charge in [-0.3, -0.25) is 4.79 Å². The van der Waals surface area contributed by atoms with Crippen molar-refractivity contribution in [3.05, 3.63) is 29.8 Å². The number of nitrogens with zero attached hydrogens (tertiary/aromatic N) is 1. The van der Waals surface area contributed by atoms with Gasteiger partial charge in [-0.2, -0.15) is 5.26 Å². The first kappa shape index (κ1) is 12.7. The van der Waals surface area contributed by atoms with E-state index in [1.165, 1.54) is 7.11 Å². The SMILES string of the molecule is COC(=O)c1ccccc1NC(=O)CCC#N. The molecule has 0 heterocycles. The summed E-state index contributed by atoms with van der Waals surface area (Å²) in [4.78, 5) is 22.8. The molecule has 0 saturated carbocycles. The smallest absolute Gasteiger partial charge is 0.339 e. The van der Waals surface area contributed by atoms with E-state index in [2.05, 4.69) is 10.1 Å². The molecule has 5 nitrogen and oxygen atoms in total. The number of anilines is 1. The molecule has 1 amide bonds. The van der Waals surface area contributed by atoms with Gasteiger partial charge in [-0.15, -0.1) is 0 Å². The topological polar surface area (TPSA) is 79.2 Å². The number of rotatable bonds is 4. The van der Waals surface area contributed by atoms with Gasteiger partial charge in [0.15, 0.2) is 0 Å². The van der Waals surface area contributed by atoms with Crippen LogP contribution in [0.3, 0.4) is 0 Å². The van der Waals surface area contributed by atoms with Crippen LogP contribution in [0.4, 0.5) is 5.69 Å². The molecule has 0 aliphatic heterocycles. The van der Waals surface area contributed by atoms with Gasteiger partial charge in [-0.1, -0.05) is 12.1 Å². The normalized spacial score (nSPS) is 9.18. The summed E-state index contributed by atoms with van der Waals surface area (Å²) in [5.41, 5.74) is 0.683. The molecule has 0 aliphatic rings. The Morgan fingerprint density at radius 2 is 2.12 bits per heavy atom. The average molecular weight is 232 g/mol. The molecule has 0 bridgehead atoms. The summed E-state index contributed by atoms with van der Waals surface area (Å²) in [5, 5.41) is 10.9. The van der Waals surface area contributed by atoms with Crippen molar-refractivity contribution in [1.82, 2.24) is 0 Å². The molecular weight excluding hydrogens is 220 g/mol. The van der Waals surface area contributed by atoms with E-state index in [1.54, 1.807) is 24.3 Å². The Labute approximate surface area is 99.0 Å². The molecule has 1 N–H and O–H groups in total. The van der Waals surface area contributed by atoms with Crippen molar-refractivity contribution in [2.24, 2.45) is 0 Å². The molecule has 1 aromatic carbocycles. The minimum atomic E-state index is -0.513. The lowest BCUT2D eigenvalue weighted by Gasteiger charge is -2.08. The summed E-state index contributed by atoms with van der Waals surface area (Å²) in [6.07, 6.45) is 0.248. The second-order valence-electron chi connectivity index (χ2n) is 3.24. The fraction of sp³-hybridized carbons (Fsp3) is 0.250. The second-order valence-corrected chi connectivity index (χ2v) is 3.24. The van der Waals surface area contributed by atoms with Gasteiger partial charge in [-0.05, 0) is 12.1 Å². The fourth-order valence-corrected chi connectivity index (χ4v) is 1.26. The lowest BCUT2D eigenvalue weighted by Crippen LogP contribution is -2.14. The van der Waals surface area contributed by atoms with E-state index in [4.69, 9.17) is 5.26 Å². The largest absolute Gasteiger partial charge is 0.465 e. The van der Waals surface area contributed by atoms with E-state index in [0.29, 0.717) is 11.3 Å². The number of carbonyl (C=O) groups excluding carboxylic acids is 2. The molecule has 0 unspecified atom stereocenters. The number of ether oxygens (including phenoxy) is 1. The maximum atomic E-state index is 11.4. The molecule has 0 radical (unpaired) electrons. The highest BCUT2D eigenvalue weighted by molar-refractivity contribution is 6.01. The van der Waals surface area contributed by atoms with E-state index in [9.17, 15) is 9.59 Å². The van der Waals surface area contributed by atoms with Crippen molar-refractivity contribution in [2.45, 2.75) is 12.8 Å². The summed E-state index contributed by atoms with van der Waals surface area (Å²) >= 11 is 0. The third kappa shape index (κ3) is 3.61. The highest BCUT2D eigenvalue weighted by atomic mass is 16.5. The Morgan fingerprint density at radius 3 is 2.76 bits per heavy atom. The third-order valence-electron chi connectivity index (χ3n) is 2.07. The molecule has 1 aromatic rings. The summed E-state index contributed by atoms with van der Waals surface area (Å²) in [7, 11) is 1.27. The van der Waals surface area contributed by atoms with E-state index in [0.717, 1.165) is 0 Å². The number of esters is 1. The molecular formula is C12H12N2O3. The van der Waals surface area contributed by atoms with Gasteiger partial charge in [0.2, 0.25) is 5.91 Å². The monoisotopic (exact) mass is 232 g/mol.